The van der Waals surface area contributed by atoms with Gasteiger partial charge in [0.2, 0.25) is 0 Å². The molecule has 1 heterocycles. The van der Waals surface area contributed by atoms with E-state index in [0.717, 1.165) is 0 Å². The summed E-state index contributed by atoms with van der Waals surface area (Å²) in [5, 5.41) is 28.7. The molecule has 6 nitrogen and oxygen atoms in total. The number of hydrogen-bond acceptors (Lipinski definition) is 4. The van der Waals surface area contributed by atoms with Crippen LogP contribution in [0.15, 0.2) is 36.5 Å². The Bertz CT molecular complexity index is 704. The molecule has 0 aliphatic heterocycles. The first-order chi connectivity index (χ1) is 8.67. The molecule has 0 aliphatic carbocycles. The minimum absolute atomic E-state index is 0.151. The van der Waals surface area contributed by atoms with Crippen molar-refractivity contribution in [1.82, 2.24) is 4.57 Å². The molecule has 2 rings (SSSR count). The van der Waals surface area contributed by atoms with Gasteiger partial charge < -0.3 is 4.57 Å². The Morgan fingerprint density at radius 3 is 2.61 bits per heavy atom. The smallest absolute Gasteiger partial charge is 0.293 e. The van der Waals surface area contributed by atoms with Gasteiger partial charge in [-0.2, -0.15) is 10.5 Å². The average Bonchev–Trinajstić information content (AvgIpc) is 2.85. The van der Waals surface area contributed by atoms with Crippen LogP contribution in [0.25, 0.3) is 5.69 Å². The van der Waals surface area contributed by atoms with Crippen molar-refractivity contribution in [3.05, 3.63) is 57.9 Å². The zero-order chi connectivity index (χ0) is 13.1. The van der Waals surface area contributed by atoms with Crippen LogP contribution in [0.5, 0.6) is 0 Å². The molecule has 0 unspecified atom stereocenters. The van der Waals surface area contributed by atoms with Crippen molar-refractivity contribution < 1.29 is 4.92 Å². The number of rotatable bonds is 2. The van der Waals surface area contributed by atoms with Crippen molar-refractivity contribution in [2.75, 3.05) is 0 Å². The van der Waals surface area contributed by atoms with Gasteiger partial charge in [0, 0.05) is 12.3 Å². The summed E-state index contributed by atoms with van der Waals surface area (Å²) in [5.74, 6) is 0. The van der Waals surface area contributed by atoms with Crippen LogP contribution < -0.4 is 0 Å². The second-order valence-electron chi connectivity index (χ2n) is 3.45. The molecule has 0 fully saturated rings. The highest BCUT2D eigenvalue weighted by molar-refractivity contribution is 5.58. The summed E-state index contributed by atoms with van der Waals surface area (Å²) in [5.41, 5.74) is 0.628. The van der Waals surface area contributed by atoms with Crippen molar-refractivity contribution in [1.29, 1.82) is 10.5 Å². The van der Waals surface area contributed by atoms with Gasteiger partial charge in [0.05, 0.1) is 16.6 Å². The Labute approximate surface area is 102 Å². The van der Waals surface area contributed by atoms with E-state index in [1.165, 1.54) is 22.8 Å². The van der Waals surface area contributed by atoms with Crippen molar-refractivity contribution >= 4 is 5.69 Å². The quantitative estimate of drug-likeness (QED) is 0.591. The Kier molecular flexibility index (Phi) is 2.78. The lowest BCUT2D eigenvalue weighted by Crippen LogP contribution is -2.01. The van der Waals surface area contributed by atoms with Crippen LogP contribution in [0.2, 0.25) is 0 Å². The molecule has 0 bridgehead atoms. The third kappa shape index (κ3) is 1.79. The minimum Gasteiger partial charge on any atom is -0.302 e. The average molecular weight is 238 g/mol. The second-order valence-corrected chi connectivity index (χ2v) is 3.45. The Morgan fingerprint density at radius 2 is 2.00 bits per heavy atom. The van der Waals surface area contributed by atoms with Gasteiger partial charge in [-0.3, -0.25) is 10.1 Å². The molecule has 0 amide bonds. The molecule has 2 aromatic rings. The van der Waals surface area contributed by atoms with Crippen molar-refractivity contribution in [3.8, 4) is 17.8 Å². The van der Waals surface area contributed by atoms with Gasteiger partial charge >= 0.3 is 0 Å². The predicted molar refractivity (Wildman–Crippen MR) is 61.9 cm³/mol. The zero-order valence-electron chi connectivity index (χ0n) is 9.07. The third-order valence-electron chi connectivity index (χ3n) is 2.42. The first kappa shape index (κ1) is 11.4. The van der Waals surface area contributed by atoms with Crippen molar-refractivity contribution in [2.45, 2.75) is 0 Å². The fraction of sp³-hybridized carbons (Fsp3) is 0. The highest BCUT2D eigenvalue weighted by Gasteiger charge is 2.17. The number of nitro groups is 1. The lowest BCUT2D eigenvalue weighted by molar-refractivity contribution is -0.384. The van der Waals surface area contributed by atoms with E-state index in [2.05, 4.69) is 0 Å². The van der Waals surface area contributed by atoms with Gasteiger partial charge in [0.15, 0.2) is 0 Å². The Hall–Kier alpha value is -3.12. The molecule has 18 heavy (non-hydrogen) atoms. The standard InChI is InChI=1S/C12H6N4O2/c13-7-9-3-4-11(16(17)18)12(6-9)15-5-1-2-10(15)8-14/h1-6H. The van der Waals surface area contributed by atoms with Gasteiger partial charge in [0.1, 0.15) is 17.5 Å². The number of nitro benzene ring substituents is 1. The predicted octanol–water partition coefficient (Wildman–Crippen LogP) is 2.13. The number of aromatic nitrogens is 1. The zero-order valence-corrected chi connectivity index (χ0v) is 9.07. The van der Waals surface area contributed by atoms with Gasteiger partial charge in [-0.25, -0.2) is 0 Å². The molecular formula is C12H6N4O2. The largest absolute Gasteiger partial charge is 0.302 e. The number of benzene rings is 1. The van der Waals surface area contributed by atoms with Crippen LogP contribution in [0, 0.1) is 32.8 Å². The molecule has 0 saturated carbocycles. The molecule has 0 saturated heterocycles. The van der Waals surface area contributed by atoms with Crippen LogP contribution in [-0.4, -0.2) is 9.49 Å². The first-order valence-electron chi connectivity index (χ1n) is 4.93. The van der Waals surface area contributed by atoms with Gasteiger partial charge in [-0.05, 0) is 24.3 Å². The van der Waals surface area contributed by atoms with Crippen LogP contribution in [0.4, 0.5) is 5.69 Å². The van der Waals surface area contributed by atoms with E-state index < -0.39 is 4.92 Å². The molecule has 1 aromatic carbocycles. The van der Waals surface area contributed by atoms with Gasteiger partial charge in [0.25, 0.3) is 5.69 Å². The maximum Gasteiger partial charge on any atom is 0.293 e. The topological polar surface area (TPSA) is 95.6 Å². The van der Waals surface area contributed by atoms with Crippen LogP contribution >= 0.6 is 0 Å². The van der Waals surface area contributed by atoms with Gasteiger partial charge in [-0.1, -0.05) is 0 Å². The maximum atomic E-state index is 10.9. The third-order valence-corrected chi connectivity index (χ3v) is 2.42. The molecular weight excluding hydrogens is 232 g/mol. The van der Waals surface area contributed by atoms with E-state index in [9.17, 15) is 10.1 Å². The molecule has 1 aromatic heterocycles. The van der Waals surface area contributed by atoms with Crippen LogP contribution in [-0.2, 0) is 0 Å². The highest BCUT2D eigenvalue weighted by atomic mass is 16.6. The van der Waals surface area contributed by atoms with E-state index >= 15 is 0 Å². The number of nitrogens with zero attached hydrogens (tertiary/aromatic N) is 4. The van der Waals surface area contributed by atoms with Crippen molar-refractivity contribution in [3.63, 3.8) is 0 Å². The Balaban J connectivity index is 2.73. The van der Waals surface area contributed by atoms with E-state index in [-0.39, 0.29) is 17.1 Å². The summed E-state index contributed by atoms with van der Waals surface area (Å²) >= 11 is 0. The summed E-state index contributed by atoms with van der Waals surface area (Å²) in [7, 11) is 0. The maximum absolute atomic E-state index is 10.9. The molecule has 0 N–H and O–H groups in total. The molecule has 0 radical (unpaired) electrons. The lowest BCUT2D eigenvalue weighted by Gasteiger charge is -2.05. The second kappa shape index (κ2) is 4.40. The molecule has 6 heteroatoms. The van der Waals surface area contributed by atoms with E-state index in [1.54, 1.807) is 18.3 Å². The van der Waals surface area contributed by atoms with Crippen molar-refractivity contribution in [2.24, 2.45) is 0 Å². The molecule has 0 spiro atoms. The summed E-state index contributed by atoms with van der Waals surface area (Å²) in [6.45, 7) is 0. The van der Waals surface area contributed by atoms with Gasteiger partial charge in [-0.15, -0.1) is 0 Å². The van der Waals surface area contributed by atoms with E-state index in [4.69, 9.17) is 10.5 Å². The summed E-state index contributed by atoms with van der Waals surface area (Å²) in [4.78, 5) is 10.4. The van der Waals surface area contributed by atoms with Crippen LogP contribution in [0.1, 0.15) is 11.3 Å². The lowest BCUT2D eigenvalue weighted by atomic mass is 10.2. The summed E-state index contributed by atoms with van der Waals surface area (Å²) in [6, 6.07) is 11.0. The monoisotopic (exact) mass is 238 g/mol. The van der Waals surface area contributed by atoms with E-state index in [1.807, 2.05) is 12.1 Å². The molecule has 0 aliphatic rings. The summed E-state index contributed by atoms with van der Waals surface area (Å²) < 4.78 is 1.39. The first-order valence-corrected chi connectivity index (χ1v) is 4.93. The minimum atomic E-state index is -0.544. The summed E-state index contributed by atoms with van der Waals surface area (Å²) in [6.07, 6.45) is 1.54. The molecule has 0 atom stereocenters. The fourth-order valence-electron chi connectivity index (χ4n) is 1.62. The normalized spacial score (nSPS) is 9.44. The molecule has 86 valence electrons. The fourth-order valence-corrected chi connectivity index (χ4v) is 1.62. The highest BCUT2D eigenvalue weighted by Crippen LogP contribution is 2.25. The number of hydrogen-bond donors (Lipinski definition) is 0. The van der Waals surface area contributed by atoms with Crippen LogP contribution in [0.3, 0.4) is 0 Å². The Morgan fingerprint density at radius 1 is 1.22 bits per heavy atom. The van der Waals surface area contributed by atoms with E-state index in [0.29, 0.717) is 5.56 Å². The number of nitriles is 2. The SMILES string of the molecule is N#Cc1ccc([N+](=O)[O-])c(-n2cccc2C#N)c1.